The van der Waals surface area contributed by atoms with E-state index in [1.807, 2.05) is 6.92 Å². The molecule has 2 aliphatic rings. The van der Waals surface area contributed by atoms with Gasteiger partial charge in [0, 0.05) is 12.6 Å². The normalized spacial score (nSPS) is 16.0. The number of aromatic nitrogens is 4. The molecule has 2 amide bonds. The van der Waals surface area contributed by atoms with Crippen molar-refractivity contribution in [2.75, 3.05) is 6.61 Å². The second-order valence-electron chi connectivity index (χ2n) is 9.89. The van der Waals surface area contributed by atoms with Gasteiger partial charge in [-0.1, -0.05) is 24.8 Å². The Balaban J connectivity index is 1.18. The third-order valence-corrected chi connectivity index (χ3v) is 7.19. The van der Waals surface area contributed by atoms with E-state index in [0.29, 0.717) is 24.0 Å². The standard InChI is InChI=1S/C29H24F2N6O6/c1-3-10-41-27(40)18-5-6-19-17(15(18)2)7-8-20(19)35-26(39)22-12-21(36-28-33-14-34-37(22)28)25(38)32-13-16-4-9-23-24(11-16)43-29(30,31)42-23/h3-6,9,11-12,14,20H,1,7-8,10,13H2,2H3,(H,32,38)(H,35,39)/t20-/m0/s1. The maximum Gasteiger partial charge on any atom is 0.586 e. The van der Waals surface area contributed by atoms with Crippen molar-refractivity contribution in [2.24, 2.45) is 0 Å². The van der Waals surface area contributed by atoms with E-state index < -0.39 is 24.1 Å². The van der Waals surface area contributed by atoms with E-state index in [-0.39, 0.29) is 47.9 Å². The molecule has 0 radical (unpaired) electrons. The van der Waals surface area contributed by atoms with Crippen LogP contribution < -0.4 is 20.1 Å². The Kier molecular flexibility index (Phi) is 6.96. The SMILES string of the molecule is C=CCOC(=O)c1ccc2c(c1C)CC[C@@H]2NC(=O)c1cc(C(=O)NCc2ccc3c(c2)OC(F)(F)O3)nc2ncnn12. The molecule has 0 fully saturated rings. The molecule has 2 N–H and O–H groups in total. The average Bonchev–Trinajstić information content (AvgIpc) is 3.70. The Morgan fingerprint density at radius 1 is 1.16 bits per heavy atom. The summed E-state index contributed by atoms with van der Waals surface area (Å²) in [5, 5.41) is 9.72. The highest BCUT2D eigenvalue weighted by Crippen LogP contribution is 2.41. The van der Waals surface area contributed by atoms with Crippen LogP contribution in [0.1, 0.15) is 66.1 Å². The molecule has 4 aromatic rings. The topological polar surface area (TPSA) is 146 Å². The van der Waals surface area contributed by atoms with E-state index in [9.17, 15) is 23.2 Å². The number of carbonyl (C=O) groups is 3. The van der Waals surface area contributed by atoms with Crippen molar-refractivity contribution < 1.29 is 37.4 Å². The van der Waals surface area contributed by atoms with Gasteiger partial charge in [-0.25, -0.2) is 9.78 Å². The van der Waals surface area contributed by atoms with Gasteiger partial charge in [0.25, 0.3) is 17.6 Å². The Labute approximate surface area is 242 Å². The van der Waals surface area contributed by atoms with Gasteiger partial charge in [-0.15, -0.1) is 8.78 Å². The number of nitrogens with zero attached hydrogens (tertiary/aromatic N) is 4. The van der Waals surface area contributed by atoms with Gasteiger partial charge in [0.15, 0.2) is 11.5 Å². The van der Waals surface area contributed by atoms with Crippen molar-refractivity contribution in [3.8, 4) is 11.5 Å². The number of ether oxygens (including phenoxy) is 3. The zero-order valence-electron chi connectivity index (χ0n) is 22.7. The Morgan fingerprint density at radius 3 is 2.79 bits per heavy atom. The van der Waals surface area contributed by atoms with E-state index in [4.69, 9.17) is 4.74 Å². The number of rotatable bonds is 8. The molecule has 6 rings (SSSR count). The van der Waals surface area contributed by atoms with Gasteiger partial charge in [0.05, 0.1) is 11.6 Å². The minimum atomic E-state index is -3.75. The highest BCUT2D eigenvalue weighted by molar-refractivity contribution is 5.98. The minimum absolute atomic E-state index is 0.0350. The summed E-state index contributed by atoms with van der Waals surface area (Å²) in [6.45, 7) is 5.47. The van der Waals surface area contributed by atoms with Gasteiger partial charge >= 0.3 is 12.3 Å². The van der Waals surface area contributed by atoms with Gasteiger partial charge in [-0.05, 0) is 60.2 Å². The van der Waals surface area contributed by atoms with Crippen LogP contribution in [0.2, 0.25) is 0 Å². The largest absolute Gasteiger partial charge is 0.586 e. The summed E-state index contributed by atoms with van der Waals surface area (Å²) in [5.41, 5.74) is 3.51. The lowest BCUT2D eigenvalue weighted by Crippen LogP contribution is -2.30. The lowest BCUT2D eigenvalue weighted by atomic mass is 9.98. The molecule has 3 heterocycles. The summed E-state index contributed by atoms with van der Waals surface area (Å²) in [6, 6.07) is 8.59. The smallest absolute Gasteiger partial charge is 0.458 e. The third-order valence-electron chi connectivity index (χ3n) is 7.19. The molecule has 43 heavy (non-hydrogen) atoms. The van der Waals surface area contributed by atoms with E-state index >= 15 is 0 Å². The number of nitrogens with one attached hydrogen (secondary N) is 2. The van der Waals surface area contributed by atoms with Crippen molar-refractivity contribution in [2.45, 2.75) is 38.6 Å². The summed E-state index contributed by atoms with van der Waals surface area (Å²) in [6.07, 6.45) is 0.213. The fourth-order valence-corrected chi connectivity index (χ4v) is 5.16. The van der Waals surface area contributed by atoms with Crippen molar-refractivity contribution in [1.82, 2.24) is 30.2 Å². The van der Waals surface area contributed by atoms with E-state index in [0.717, 1.165) is 16.7 Å². The van der Waals surface area contributed by atoms with E-state index in [2.05, 4.69) is 41.8 Å². The first kappa shape index (κ1) is 27.8. The van der Waals surface area contributed by atoms with Crippen LogP contribution in [-0.4, -0.2) is 50.3 Å². The fourth-order valence-electron chi connectivity index (χ4n) is 5.16. The Hall–Kier alpha value is -5.40. The zero-order valence-corrected chi connectivity index (χ0v) is 22.7. The molecule has 220 valence electrons. The Morgan fingerprint density at radius 2 is 1.98 bits per heavy atom. The second kappa shape index (κ2) is 10.8. The zero-order chi connectivity index (χ0) is 30.3. The molecule has 1 aliphatic heterocycles. The monoisotopic (exact) mass is 590 g/mol. The molecule has 0 unspecified atom stereocenters. The number of halogens is 2. The van der Waals surface area contributed by atoms with Crippen LogP contribution in [-0.2, 0) is 17.7 Å². The van der Waals surface area contributed by atoms with Crippen molar-refractivity contribution in [1.29, 1.82) is 0 Å². The van der Waals surface area contributed by atoms with Crippen LogP contribution in [0.3, 0.4) is 0 Å². The molecular formula is C29H24F2N6O6. The van der Waals surface area contributed by atoms with Crippen LogP contribution in [0.4, 0.5) is 8.78 Å². The number of hydrogen-bond acceptors (Lipinski definition) is 9. The van der Waals surface area contributed by atoms with Gasteiger partial charge < -0.3 is 24.8 Å². The second-order valence-corrected chi connectivity index (χ2v) is 9.89. The predicted octanol–water partition coefficient (Wildman–Crippen LogP) is 3.44. The molecule has 14 heteroatoms. The summed E-state index contributed by atoms with van der Waals surface area (Å²) < 4.78 is 41.9. The first-order valence-electron chi connectivity index (χ1n) is 13.2. The average molecular weight is 591 g/mol. The van der Waals surface area contributed by atoms with Crippen molar-refractivity contribution in [3.05, 3.63) is 94.6 Å². The molecule has 2 aromatic carbocycles. The van der Waals surface area contributed by atoms with Gasteiger partial charge in [0.1, 0.15) is 24.3 Å². The van der Waals surface area contributed by atoms with Crippen molar-refractivity contribution >= 4 is 23.6 Å². The number of benzene rings is 2. The number of esters is 1. The maximum absolute atomic E-state index is 13.5. The molecule has 0 bridgehead atoms. The minimum Gasteiger partial charge on any atom is -0.458 e. The Bertz CT molecular complexity index is 1810. The molecule has 0 saturated carbocycles. The van der Waals surface area contributed by atoms with Gasteiger partial charge in [-0.2, -0.15) is 14.6 Å². The van der Waals surface area contributed by atoms with E-state index in [1.165, 1.54) is 41.2 Å². The van der Waals surface area contributed by atoms with E-state index in [1.54, 1.807) is 12.1 Å². The summed E-state index contributed by atoms with van der Waals surface area (Å²) in [7, 11) is 0. The number of carbonyl (C=O) groups excluding carboxylic acids is 3. The third kappa shape index (κ3) is 5.34. The maximum atomic E-state index is 13.5. The van der Waals surface area contributed by atoms with Crippen LogP contribution in [0.25, 0.3) is 5.78 Å². The summed E-state index contributed by atoms with van der Waals surface area (Å²) >= 11 is 0. The molecular weight excluding hydrogens is 566 g/mol. The molecule has 2 aromatic heterocycles. The molecule has 1 atom stereocenters. The van der Waals surface area contributed by atoms with Crippen LogP contribution >= 0.6 is 0 Å². The first-order chi connectivity index (χ1) is 20.6. The number of hydrogen-bond donors (Lipinski definition) is 2. The highest BCUT2D eigenvalue weighted by atomic mass is 19.3. The molecule has 1 aliphatic carbocycles. The lowest BCUT2D eigenvalue weighted by Gasteiger charge is -2.16. The molecule has 0 saturated heterocycles. The molecule has 0 spiro atoms. The van der Waals surface area contributed by atoms with Crippen LogP contribution in [0.15, 0.2) is 55.4 Å². The quantitative estimate of drug-likeness (QED) is 0.233. The lowest BCUT2D eigenvalue weighted by molar-refractivity contribution is -0.286. The number of alkyl halides is 2. The number of amides is 2. The molecule has 12 nitrogen and oxygen atoms in total. The number of fused-ring (bicyclic) bond motifs is 3. The highest BCUT2D eigenvalue weighted by Gasteiger charge is 2.43. The van der Waals surface area contributed by atoms with Gasteiger partial charge in [0.2, 0.25) is 0 Å². The first-order valence-corrected chi connectivity index (χ1v) is 13.2. The van der Waals surface area contributed by atoms with Crippen molar-refractivity contribution in [3.63, 3.8) is 0 Å². The van der Waals surface area contributed by atoms with Crippen LogP contribution in [0.5, 0.6) is 11.5 Å². The predicted molar refractivity (Wildman–Crippen MR) is 145 cm³/mol. The summed E-state index contributed by atoms with van der Waals surface area (Å²) in [4.78, 5) is 47.1. The van der Waals surface area contributed by atoms with Gasteiger partial charge in [-0.3, -0.25) is 9.59 Å². The fraction of sp³-hybridized carbons (Fsp3) is 0.241. The summed E-state index contributed by atoms with van der Waals surface area (Å²) in [5.74, 6) is -1.79. The van der Waals surface area contributed by atoms with Crippen LogP contribution in [0, 0.1) is 6.92 Å².